The summed E-state index contributed by atoms with van der Waals surface area (Å²) >= 11 is 0. The molecular weight excluding hydrogens is 340 g/mol. The quantitative estimate of drug-likeness (QED) is 0.722. The van der Waals surface area contributed by atoms with E-state index in [1.165, 1.54) is 7.11 Å². The van der Waals surface area contributed by atoms with E-state index in [-0.39, 0.29) is 12.0 Å². The number of carbonyl (C=O) groups is 1. The molecule has 27 heavy (non-hydrogen) atoms. The van der Waals surface area contributed by atoms with E-state index >= 15 is 0 Å². The number of hydrogen-bond acceptors (Lipinski definition) is 5. The molecule has 1 aromatic heterocycles. The van der Waals surface area contributed by atoms with Gasteiger partial charge in [0.1, 0.15) is 0 Å². The molecule has 0 saturated carbocycles. The van der Waals surface area contributed by atoms with Crippen molar-refractivity contribution in [2.45, 2.75) is 13.0 Å². The second-order valence-electron chi connectivity index (χ2n) is 6.84. The summed E-state index contributed by atoms with van der Waals surface area (Å²) in [6.07, 6.45) is 0. The monoisotopic (exact) mass is 362 g/mol. The van der Waals surface area contributed by atoms with Crippen LogP contribution in [0, 0.1) is 0 Å². The van der Waals surface area contributed by atoms with Crippen LogP contribution >= 0.6 is 0 Å². The van der Waals surface area contributed by atoms with Crippen molar-refractivity contribution in [3.63, 3.8) is 0 Å². The molecule has 2 aromatic carbocycles. The summed E-state index contributed by atoms with van der Waals surface area (Å²) in [5, 5.41) is 3.27. The Morgan fingerprint density at radius 2 is 1.85 bits per heavy atom. The smallest absolute Gasteiger partial charge is 0.337 e. The van der Waals surface area contributed by atoms with Crippen molar-refractivity contribution in [1.82, 2.24) is 9.55 Å². The van der Waals surface area contributed by atoms with Gasteiger partial charge in [-0.25, -0.2) is 9.78 Å². The summed E-state index contributed by atoms with van der Waals surface area (Å²) in [5.74, 6) is 0.383. The number of ether oxygens (including phenoxy) is 1. The molecule has 1 aliphatic rings. The van der Waals surface area contributed by atoms with Gasteiger partial charge in [-0.3, -0.25) is 4.57 Å². The van der Waals surface area contributed by atoms with Crippen LogP contribution in [0.1, 0.15) is 18.5 Å². The van der Waals surface area contributed by atoms with Gasteiger partial charge in [0, 0.05) is 25.5 Å². The van der Waals surface area contributed by atoms with Gasteiger partial charge in [-0.2, -0.15) is 0 Å². The standard InChI is InChI=1S/C21H22N4O2/c1-13-18(20(26)27-4)19(14-9-11-15(12-10-14)24(2)3)25-17-8-6-5-7-16(17)23-21(25)22-13/h5-12,19H,1-4H3,(H,22,23)/t19-/m0/s1. The van der Waals surface area contributed by atoms with Crippen LogP contribution in [-0.2, 0) is 9.53 Å². The molecule has 1 aliphatic heterocycles. The van der Waals surface area contributed by atoms with Crippen LogP contribution in [0.3, 0.4) is 0 Å². The van der Waals surface area contributed by atoms with Crippen LogP contribution in [0.15, 0.2) is 59.8 Å². The number of aromatic nitrogens is 2. The van der Waals surface area contributed by atoms with Gasteiger partial charge in [0.05, 0.1) is 29.8 Å². The molecule has 3 aromatic rings. The number of nitrogens with one attached hydrogen (secondary N) is 1. The first kappa shape index (κ1) is 17.1. The number of carbonyl (C=O) groups excluding carboxylic acids is 1. The molecule has 0 saturated heterocycles. The Bertz CT molecular complexity index is 1050. The number of esters is 1. The van der Waals surface area contributed by atoms with Crippen LogP contribution in [0.25, 0.3) is 11.0 Å². The molecule has 138 valence electrons. The summed E-state index contributed by atoms with van der Waals surface area (Å²) in [5.41, 5.74) is 5.30. The number of fused-ring (bicyclic) bond motifs is 3. The van der Waals surface area contributed by atoms with Crippen molar-refractivity contribution in [2.75, 3.05) is 31.4 Å². The Morgan fingerprint density at radius 3 is 2.52 bits per heavy atom. The number of hydrogen-bond donors (Lipinski definition) is 1. The molecule has 1 N–H and O–H groups in total. The molecule has 0 bridgehead atoms. The first-order valence-electron chi connectivity index (χ1n) is 8.81. The van der Waals surface area contributed by atoms with E-state index in [0.717, 1.165) is 33.9 Å². The Kier molecular flexibility index (Phi) is 4.11. The minimum atomic E-state index is -0.342. The van der Waals surface area contributed by atoms with Gasteiger partial charge in [-0.05, 0) is 36.8 Å². The number of rotatable bonds is 3. The Labute approximate surface area is 158 Å². The van der Waals surface area contributed by atoms with Crippen LogP contribution in [0.5, 0.6) is 0 Å². The normalized spacial score (nSPS) is 16.1. The lowest BCUT2D eigenvalue weighted by Gasteiger charge is -2.30. The highest BCUT2D eigenvalue weighted by atomic mass is 16.5. The van der Waals surface area contributed by atoms with Crippen LogP contribution in [0.2, 0.25) is 0 Å². The second kappa shape index (κ2) is 6.46. The zero-order valence-electron chi connectivity index (χ0n) is 15.9. The Balaban J connectivity index is 1.95. The van der Waals surface area contributed by atoms with E-state index in [0.29, 0.717) is 5.57 Å². The van der Waals surface area contributed by atoms with Crippen LogP contribution < -0.4 is 10.2 Å². The first-order valence-corrected chi connectivity index (χ1v) is 8.81. The van der Waals surface area contributed by atoms with Crippen LogP contribution in [-0.4, -0.2) is 36.7 Å². The van der Waals surface area contributed by atoms with Gasteiger partial charge in [0.25, 0.3) is 0 Å². The lowest BCUT2D eigenvalue weighted by molar-refractivity contribution is -0.136. The number of para-hydroxylation sites is 2. The highest BCUT2D eigenvalue weighted by Crippen LogP contribution is 2.39. The first-order chi connectivity index (χ1) is 13.0. The lowest BCUT2D eigenvalue weighted by atomic mass is 9.95. The predicted molar refractivity (Wildman–Crippen MR) is 107 cm³/mol. The second-order valence-corrected chi connectivity index (χ2v) is 6.84. The third-order valence-corrected chi connectivity index (χ3v) is 4.96. The largest absolute Gasteiger partial charge is 0.466 e. The molecule has 0 spiro atoms. The maximum Gasteiger partial charge on any atom is 0.337 e. The number of anilines is 2. The third-order valence-electron chi connectivity index (χ3n) is 4.96. The fourth-order valence-electron chi connectivity index (χ4n) is 3.61. The van der Waals surface area contributed by atoms with E-state index in [4.69, 9.17) is 9.72 Å². The van der Waals surface area contributed by atoms with Crippen LogP contribution in [0.4, 0.5) is 11.6 Å². The fraction of sp³-hybridized carbons (Fsp3) is 0.238. The summed E-state index contributed by atoms with van der Waals surface area (Å²) in [7, 11) is 5.42. The van der Waals surface area contributed by atoms with Crippen molar-refractivity contribution in [3.05, 3.63) is 65.4 Å². The van der Waals surface area contributed by atoms with Crippen molar-refractivity contribution < 1.29 is 9.53 Å². The lowest BCUT2D eigenvalue weighted by Crippen LogP contribution is -2.28. The predicted octanol–water partition coefficient (Wildman–Crippen LogP) is 3.56. The maximum atomic E-state index is 12.6. The van der Waals surface area contributed by atoms with Gasteiger partial charge in [-0.1, -0.05) is 24.3 Å². The van der Waals surface area contributed by atoms with E-state index in [1.54, 1.807) is 0 Å². The van der Waals surface area contributed by atoms with Gasteiger partial charge in [0.2, 0.25) is 5.95 Å². The van der Waals surface area contributed by atoms with Crippen molar-refractivity contribution in [3.8, 4) is 0 Å². The van der Waals surface area contributed by atoms with E-state index in [1.807, 2.05) is 50.2 Å². The Hall–Kier alpha value is -3.28. The van der Waals surface area contributed by atoms with Gasteiger partial charge < -0.3 is 15.0 Å². The molecule has 2 heterocycles. The van der Waals surface area contributed by atoms with E-state index in [9.17, 15) is 4.79 Å². The molecule has 1 atom stereocenters. The molecule has 6 nitrogen and oxygen atoms in total. The number of nitrogens with zero attached hydrogens (tertiary/aromatic N) is 3. The molecule has 0 unspecified atom stereocenters. The summed E-state index contributed by atoms with van der Waals surface area (Å²) < 4.78 is 7.17. The average molecular weight is 362 g/mol. The molecule has 6 heteroatoms. The molecule has 4 rings (SSSR count). The molecule has 0 fully saturated rings. The Morgan fingerprint density at radius 1 is 1.15 bits per heavy atom. The maximum absolute atomic E-state index is 12.6. The molecule has 0 amide bonds. The molecule has 0 radical (unpaired) electrons. The molecular formula is C21H22N4O2. The highest BCUT2D eigenvalue weighted by molar-refractivity contribution is 5.94. The van der Waals surface area contributed by atoms with E-state index < -0.39 is 0 Å². The van der Waals surface area contributed by atoms with Gasteiger partial charge >= 0.3 is 5.97 Å². The average Bonchev–Trinajstić information content (AvgIpc) is 3.04. The minimum Gasteiger partial charge on any atom is -0.466 e. The summed E-state index contributed by atoms with van der Waals surface area (Å²) in [6.45, 7) is 1.89. The third kappa shape index (κ3) is 2.73. The van der Waals surface area contributed by atoms with Gasteiger partial charge in [-0.15, -0.1) is 0 Å². The number of methoxy groups -OCH3 is 1. The van der Waals surface area contributed by atoms with Gasteiger partial charge in [0.15, 0.2) is 0 Å². The minimum absolute atomic E-state index is 0.308. The number of imidazole rings is 1. The summed E-state index contributed by atoms with van der Waals surface area (Å²) in [6, 6.07) is 15.8. The van der Waals surface area contributed by atoms with Crippen molar-refractivity contribution >= 4 is 28.6 Å². The van der Waals surface area contributed by atoms with Crippen molar-refractivity contribution in [1.29, 1.82) is 0 Å². The SMILES string of the molecule is COC(=O)C1=C(C)Nc2nc3ccccc3n2[C@H]1c1ccc(N(C)C)cc1. The number of benzene rings is 2. The topological polar surface area (TPSA) is 59.4 Å². The summed E-state index contributed by atoms with van der Waals surface area (Å²) in [4.78, 5) is 19.4. The fourth-order valence-corrected chi connectivity index (χ4v) is 3.61. The highest BCUT2D eigenvalue weighted by Gasteiger charge is 2.34. The molecule has 0 aliphatic carbocycles. The zero-order valence-corrected chi connectivity index (χ0v) is 15.9. The number of allylic oxidation sites excluding steroid dienone is 1. The van der Waals surface area contributed by atoms with Crippen molar-refractivity contribution in [2.24, 2.45) is 0 Å². The zero-order chi connectivity index (χ0) is 19.1. The van der Waals surface area contributed by atoms with E-state index in [2.05, 4.69) is 34.1 Å².